The van der Waals surface area contributed by atoms with Crippen molar-refractivity contribution in [1.82, 2.24) is 0 Å². The Labute approximate surface area is 157 Å². The number of rotatable bonds is 11. The van der Waals surface area contributed by atoms with Crippen LogP contribution in [0.3, 0.4) is 0 Å². The van der Waals surface area contributed by atoms with Crippen LogP contribution in [0.1, 0.15) is 52.0 Å². The van der Waals surface area contributed by atoms with Crippen LogP contribution in [0.25, 0.3) is 0 Å². The number of anilines is 1. The molecule has 0 saturated heterocycles. The van der Waals surface area contributed by atoms with Crippen LogP contribution >= 0.6 is 0 Å². The van der Waals surface area contributed by atoms with Crippen LogP contribution in [0.4, 0.5) is 5.69 Å². The van der Waals surface area contributed by atoms with Gasteiger partial charge < -0.3 is 9.47 Å². The van der Waals surface area contributed by atoms with Gasteiger partial charge in [-0.1, -0.05) is 26.7 Å². The van der Waals surface area contributed by atoms with Crippen LogP contribution < -0.4 is 14.9 Å². The monoisotopic (exact) mass is 354 g/mol. The zero-order chi connectivity index (χ0) is 18.6. The molecule has 0 unspecified atom stereocenters. The molecule has 140 valence electrons. The van der Waals surface area contributed by atoms with Crippen LogP contribution in [-0.2, 0) is 0 Å². The minimum absolute atomic E-state index is 0.763. The van der Waals surface area contributed by atoms with Gasteiger partial charge in [-0.05, 0) is 73.9 Å². The van der Waals surface area contributed by atoms with Gasteiger partial charge in [0.2, 0.25) is 0 Å². The molecule has 1 N–H and O–H groups in total. The molecule has 0 aromatic heterocycles. The first-order valence-corrected chi connectivity index (χ1v) is 9.49. The highest BCUT2D eigenvalue weighted by Gasteiger charge is 2.00. The molecule has 0 aliphatic heterocycles. The molecule has 0 saturated carbocycles. The van der Waals surface area contributed by atoms with Gasteiger partial charge in [0.15, 0.2) is 0 Å². The normalized spacial score (nSPS) is 11.3. The fraction of sp³-hybridized carbons (Fsp3) is 0.409. The molecule has 4 nitrogen and oxygen atoms in total. The quantitative estimate of drug-likeness (QED) is 0.311. The molecular weight excluding hydrogens is 324 g/mol. The van der Waals surface area contributed by atoms with Crippen molar-refractivity contribution in [2.75, 3.05) is 18.6 Å². The topological polar surface area (TPSA) is 42.8 Å². The van der Waals surface area contributed by atoms with E-state index >= 15 is 0 Å². The zero-order valence-electron chi connectivity index (χ0n) is 16.1. The van der Waals surface area contributed by atoms with Crippen molar-refractivity contribution in [2.24, 2.45) is 5.10 Å². The standard InChI is InChI=1S/C22H30N2O2/c1-4-6-16-25-21-12-8-19(9-13-21)18(3)23-24-20-10-14-22(15-11-20)26-17-7-5-2/h8-15,24H,4-7,16-17H2,1-3H3/b23-18+. The van der Waals surface area contributed by atoms with Gasteiger partial charge in [0.25, 0.3) is 0 Å². The van der Waals surface area contributed by atoms with E-state index in [1.165, 1.54) is 0 Å². The van der Waals surface area contributed by atoms with E-state index in [-0.39, 0.29) is 0 Å². The SMILES string of the molecule is CCCCOc1ccc(N/N=C(\C)c2ccc(OCCCC)cc2)cc1. The van der Waals surface area contributed by atoms with Crippen LogP contribution in [0, 0.1) is 0 Å². The van der Waals surface area contributed by atoms with E-state index in [9.17, 15) is 0 Å². The molecule has 0 fully saturated rings. The van der Waals surface area contributed by atoms with Crippen LogP contribution in [0.2, 0.25) is 0 Å². The van der Waals surface area contributed by atoms with Gasteiger partial charge in [-0.15, -0.1) is 0 Å². The van der Waals surface area contributed by atoms with Crippen LogP contribution in [0.15, 0.2) is 53.6 Å². The van der Waals surface area contributed by atoms with Crippen LogP contribution in [-0.4, -0.2) is 18.9 Å². The Hall–Kier alpha value is -2.49. The van der Waals surface area contributed by atoms with Gasteiger partial charge in [-0.3, -0.25) is 5.43 Å². The van der Waals surface area contributed by atoms with Gasteiger partial charge in [-0.2, -0.15) is 5.10 Å². The third-order valence-corrected chi connectivity index (χ3v) is 4.01. The van der Waals surface area contributed by atoms with Gasteiger partial charge >= 0.3 is 0 Å². The highest BCUT2D eigenvalue weighted by molar-refractivity contribution is 5.99. The zero-order valence-corrected chi connectivity index (χ0v) is 16.1. The summed E-state index contributed by atoms with van der Waals surface area (Å²) in [5, 5.41) is 4.46. The lowest BCUT2D eigenvalue weighted by Crippen LogP contribution is -2.01. The summed E-state index contributed by atoms with van der Waals surface area (Å²) in [6.45, 7) is 7.83. The second-order valence-corrected chi connectivity index (χ2v) is 6.26. The molecule has 2 aromatic rings. The summed E-state index contributed by atoms with van der Waals surface area (Å²) in [7, 11) is 0. The van der Waals surface area contributed by atoms with Crippen molar-refractivity contribution in [2.45, 2.75) is 46.5 Å². The summed E-state index contributed by atoms with van der Waals surface area (Å²) in [6, 6.07) is 15.9. The van der Waals surface area contributed by atoms with Crippen molar-refractivity contribution >= 4 is 11.4 Å². The number of hydrazone groups is 1. The molecule has 4 heteroatoms. The molecule has 26 heavy (non-hydrogen) atoms. The third kappa shape index (κ3) is 6.79. The first-order valence-electron chi connectivity index (χ1n) is 9.49. The number of unbranched alkanes of at least 4 members (excludes halogenated alkanes) is 2. The molecule has 0 radical (unpaired) electrons. The second-order valence-electron chi connectivity index (χ2n) is 6.26. The maximum atomic E-state index is 5.69. The summed E-state index contributed by atoms with van der Waals surface area (Å²) in [5.41, 5.74) is 6.03. The molecule has 0 bridgehead atoms. The smallest absolute Gasteiger partial charge is 0.119 e. The number of hydrogen-bond acceptors (Lipinski definition) is 4. The number of benzene rings is 2. The van der Waals surface area contributed by atoms with Crippen LogP contribution in [0.5, 0.6) is 11.5 Å². The minimum atomic E-state index is 0.763. The largest absolute Gasteiger partial charge is 0.494 e. The average Bonchev–Trinajstić information content (AvgIpc) is 2.68. The van der Waals surface area contributed by atoms with E-state index in [4.69, 9.17) is 9.47 Å². The van der Waals surface area contributed by atoms with Gasteiger partial charge in [0.1, 0.15) is 11.5 Å². The summed E-state index contributed by atoms with van der Waals surface area (Å²) in [5.74, 6) is 1.80. The van der Waals surface area contributed by atoms with Crippen molar-refractivity contribution in [3.8, 4) is 11.5 Å². The number of ether oxygens (including phenoxy) is 2. The fourth-order valence-electron chi connectivity index (χ4n) is 2.30. The van der Waals surface area contributed by atoms with E-state index in [1.807, 2.05) is 55.5 Å². The molecule has 0 spiro atoms. The van der Waals surface area contributed by atoms with E-state index in [0.717, 1.165) is 67.4 Å². The number of nitrogens with zero attached hydrogens (tertiary/aromatic N) is 1. The first kappa shape index (κ1) is 19.8. The predicted molar refractivity (Wildman–Crippen MR) is 110 cm³/mol. The Morgan fingerprint density at radius 3 is 1.81 bits per heavy atom. The minimum Gasteiger partial charge on any atom is -0.494 e. The van der Waals surface area contributed by atoms with Gasteiger partial charge in [-0.25, -0.2) is 0 Å². The summed E-state index contributed by atoms with van der Waals surface area (Å²) >= 11 is 0. The highest BCUT2D eigenvalue weighted by Crippen LogP contribution is 2.17. The lowest BCUT2D eigenvalue weighted by molar-refractivity contribution is 0.309. The lowest BCUT2D eigenvalue weighted by Gasteiger charge is -2.08. The Bertz CT molecular complexity index is 664. The van der Waals surface area contributed by atoms with Crippen molar-refractivity contribution < 1.29 is 9.47 Å². The molecule has 0 amide bonds. The van der Waals surface area contributed by atoms with Gasteiger partial charge in [0.05, 0.1) is 24.6 Å². The van der Waals surface area contributed by atoms with E-state index < -0.39 is 0 Å². The van der Waals surface area contributed by atoms with E-state index in [0.29, 0.717) is 0 Å². The fourth-order valence-corrected chi connectivity index (χ4v) is 2.30. The van der Waals surface area contributed by atoms with E-state index in [2.05, 4.69) is 24.4 Å². The van der Waals surface area contributed by atoms with Crippen molar-refractivity contribution in [3.05, 3.63) is 54.1 Å². The third-order valence-electron chi connectivity index (χ3n) is 4.01. The summed E-state index contributed by atoms with van der Waals surface area (Å²) in [4.78, 5) is 0. The van der Waals surface area contributed by atoms with Crippen molar-refractivity contribution in [3.63, 3.8) is 0 Å². The summed E-state index contributed by atoms with van der Waals surface area (Å²) < 4.78 is 11.4. The molecule has 0 aliphatic rings. The molecule has 0 aliphatic carbocycles. The van der Waals surface area contributed by atoms with Gasteiger partial charge in [0, 0.05) is 0 Å². The van der Waals surface area contributed by atoms with Crippen molar-refractivity contribution in [1.29, 1.82) is 0 Å². The first-order chi connectivity index (χ1) is 12.7. The Kier molecular flexibility index (Phi) is 8.53. The number of hydrogen-bond donors (Lipinski definition) is 1. The maximum absolute atomic E-state index is 5.69. The summed E-state index contributed by atoms with van der Waals surface area (Å²) in [6.07, 6.45) is 4.43. The Morgan fingerprint density at radius 1 is 0.808 bits per heavy atom. The predicted octanol–water partition coefficient (Wildman–Crippen LogP) is 5.88. The maximum Gasteiger partial charge on any atom is 0.119 e. The Balaban J connectivity index is 1.86. The molecule has 0 atom stereocenters. The van der Waals surface area contributed by atoms with E-state index in [1.54, 1.807) is 0 Å². The molecule has 0 heterocycles. The molecule has 2 aromatic carbocycles. The highest BCUT2D eigenvalue weighted by atomic mass is 16.5. The molecule has 2 rings (SSSR count). The molecular formula is C22H30N2O2. The number of nitrogens with one attached hydrogen (secondary N) is 1. The average molecular weight is 354 g/mol. The lowest BCUT2D eigenvalue weighted by atomic mass is 10.1. The Morgan fingerprint density at radius 2 is 1.31 bits per heavy atom. The second kappa shape index (κ2) is 11.2.